The van der Waals surface area contributed by atoms with Gasteiger partial charge in [-0.3, -0.25) is 14.4 Å². The van der Waals surface area contributed by atoms with Crippen LogP contribution in [-0.2, 0) is 16.6 Å². The third kappa shape index (κ3) is 5.21. The second-order valence-corrected chi connectivity index (χ2v) is 5.76. The van der Waals surface area contributed by atoms with Gasteiger partial charge in [-0.15, -0.1) is 0 Å². The monoisotopic (exact) mass is 334 g/mol. The van der Waals surface area contributed by atoms with Crippen LogP contribution in [-0.4, -0.2) is 59.5 Å². The van der Waals surface area contributed by atoms with Crippen LogP contribution in [0.3, 0.4) is 0 Å². The van der Waals surface area contributed by atoms with E-state index in [2.05, 4.69) is 10.4 Å². The van der Waals surface area contributed by atoms with Gasteiger partial charge in [0.15, 0.2) is 6.10 Å². The van der Waals surface area contributed by atoms with E-state index >= 15 is 0 Å². The Bertz CT molecular complexity index is 532. The molecule has 2 rings (SSSR count). The number of aromatic nitrogens is 2. The first-order chi connectivity index (χ1) is 10.8. The fourth-order valence-corrected chi connectivity index (χ4v) is 2.82. The van der Waals surface area contributed by atoms with Crippen molar-refractivity contribution in [1.82, 2.24) is 20.0 Å². The van der Waals surface area contributed by atoms with Crippen LogP contribution in [0, 0.1) is 0 Å². The Morgan fingerprint density at radius 3 is 2.87 bits per heavy atom. The zero-order valence-corrected chi connectivity index (χ0v) is 13.1. The minimum absolute atomic E-state index is 0.189. The van der Waals surface area contributed by atoms with Gasteiger partial charge in [0.25, 0.3) is 5.91 Å². The largest absolute Gasteiger partial charge is 0.401 e. The second-order valence-electron chi connectivity index (χ2n) is 5.76. The van der Waals surface area contributed by atoms with Gasteiger partial charge < -0.3 is 10.1 Å². The predicted molar refractivity (Wildman–Crippen MR) is 76.6 cm³/mol. The summed E-state index contributed by atoms with van der Waals surface area (Å²) in [6, 6.07) is -0.312. The van der Waals surface area contributed by atoms with Crippen molar-refractivity contribution in [3.63, 3.8) is 0 Å². The van der Waals surface area contributed by atoms with Crippen LogP contribution in [0.25, 0.3) is 0 Å². The summed E-state index contributed by atoms with van der Waals surface area (Å²) in [5, 5.41) is 6.77. The lowest BCUT2D eigenvalue weighted by molar-refractivity contribution is -0.149. The first-order valence-corrected chi connectivity index (χ1v) is 7.39. The molecule has 1 saturated heterocycles. The van der Waals surface area contributed by atoms with E-state index in [1.54, 1.807) is 17.9 Å². The molecule has 0 radical (unpaired) electrons. The Morgan fingerprint density at radius 1 is 1.57 bits per heavy atom. The Labute approximate surface area is 132 Å². The van der Waals surface area contributed by atoms with Crippen molar-refractivity contribution in [3.8, 4) is 0 Å². The van der Waals surface area contributed by atoms with Crippen molar-refractivity contribution < 1.29 is 22.7 Å². The van der Waals surface area contributed by atoms with E-state index in [1.165, 1.54) is 18.2 Å². The van der Waals surface area contributed by atoms with E-state index in [-0.39, 0.29) is 18.5 Å². The third-order valence-corrected chi connectivity index (χ3v) is 3.76. The molecule has 1 amide bonds. The number of hydrogen-bond donors (Lipinski definition) is 1. The number of nitrogens with zero attached hydrogens (tertiary/aromatic N) is 3. The number of alkyl halides is 3. The van der Waals surface area contributed by atoms with E-state index in [4.69, 9.17) is 4.74 Å². The number of carbonyl (C=O) groups excluding carboxylic acids is 1. The fourth-order valence-electron chi connectivity index (χ4n) is 2.82. The van der Waals surface area contributed by atoms with E-state index in [9.17, 15) is 18.0 Å². The Morgan fingerprint density at radius 2 is 2.30 bits per heavy atom. The summed E-state index contributed by atoms with van der Waals surface area (Å²) < 4.78 is 44.2. The Kier molecular flexibility index (Phi) is 5.64. The van der Waals surface area contributed by atoms with Crippen LogP contribution in [0.4, 0.5) is 13.2 Å². The molecule has 0 saturated carbocycles. The molecule has 0 aromatic carbocycles. The van der Waals surface area contributed by atoms with Crippen molar-refractivity contribution >= 4 is 5.91 Å². The number of carbonyl (C=O) groups is 1. The number of likely N-dealkylation sites (tertiary alicyclic amines) is 1. The summed E-state index contributed by atoms with van der Waals surface area (Å²) in [4.78, 5) is 13.6. The van der Waals surface area contributed by atoms with Crippen LogP contribution in [0.2, 0.25) is 0 Å². The van der Waals surface area contributed by atoms with Crippen molar-refractivity contribution in [3.05, 3.63) is 18.0 Å². The van der Waals surface area contributed by atoms with Gasteiger partial charge in [-0.05, 0) is 19.4 Å². The van der Waals surface area contributed by atoms with Gasteiger partial charge in [-0.1, -0.05) is 0 Å². The maximum absolute atomic E-state index is 12.5. The number of nitrogens with one attached hydrogen (secondary N) is 1. The topological polar surface area (TPSA) is 59.4 Å². The molecule has 9 heteroatoms. The molecule has 1 aliphatic rings. The van der Waals surface area contributed by atoms with Crippen molar-refractivity contribution in [2.75, 3.05) is 26.7 Å². The smallest absolute Gasteiger partial charge is 0.367 e. The molecule has 2 atom stereocenters. The van der Waals surface area contributed by atoms with Crippen molar-refractivity contribution in [1.29, 1.82) is 0 Å². The van der Waals surface area contributed by atoms with Gasteiger partial charge in [0.2, 0.25) is 0 Å². The number of hydrogen-bond acceptors (Lipinski definition) is 4. The Balaban J connectivity index is 1.93. The lowest BCUT2D eigenvalue weighted by Crippen LogP contribution is -2.50. The van der Waals surface area contributed by atoms with E-state index in [0.29, 0.717) is 24.9 Å². The quantitative estimate of drug-likeness (QED) is 0.880. The standard InChI is InChI=1S/C14H21F3N4O2/c1-20-7-10(6-18-20)12(23-2)13(22)19-11-4-3-5-21(8-11)9-14(15,16)17/h6-7,11-12H,3-5,8-9H2,1-2H3,(H,19,22). The molecule has 2 unspecified atom stereocenters. The summed E-state index contributed by atoms with van der Waals surface area (Å²) in [6.07, 6.45) is -0.567. The maximum atomic E-state index is 12.5. The molecule has 2 heterocycles. The first-order valence-electron chi connectivity index (χ1n) is 7.39. The Hall–Kier alpha value is -1.61. The third-order valence-electron chi connectivity index (χ3n) is 3.76. The van der Waals surface area contributed by atoms with Gasteiger partial charge >= 0.3 is 6.18 Å². The fraction of sp³-hybridized carbons (Fsp3) is 0.714. The highest BCUT2D eigenvalue weighted by atomic mass is 19.4. The lowest BCUT2D eigenvalue weighted by Gasteiger charge is -2.34. The molecule has 130 valence electrons. The molecule has 0 bridgehead atoms. The molecule has 1 aromatic heterocycles. The molecule has 1 aromatic rings. The molecule has 1 fully saturated rings. The summed E-state index contributed by atoms with van der Waals surface area (Å²) in [5.41, 5.74) is 0.607. The van der Waals surface area contributed by atoms with E-state index in [0.717, 1.165) is 0 Å². The SMILES string of the molecule is COC(C(=O)NC1CCCN(CC(F)(F)F)C1)c1cnn(C)c1. The zero-order chi connectivity index (χ0) is 17.0. The van der Waals surface area contributed by atoms with Crippen molar-refractivity contribution in [2.45, 2.75) is 31.2 Å². The van der Waals surface area contributed by atoms with Crippen LogP contribution < -0.4 is 5.32 Å². The average Bonchev–Trinajstić information content (AvgIpc) is 2.84. The molecular weight excluding hydrogens is 313 g/mol. The normalized spacial score (nSPS) is 21.2. The molecule has 6 nitrogen and oxygen atoms in total. The van der Waals surface area contributed by atoms with Gasteiger partial charge in [-0.25, -0.2) is 0 Å². The van der Waals surface area contributed by atoms with Gasteiger partial charge in [0.1, 0.15) is 0 Å². The highest BCUT2D eigenvalue weighted by Crippen LogP contribution is 2.21. The van der Waals surface area contributed by atoms with E-state index in [1.807, 2.05) is 0 Å². The number of halogens is 3. The molecule has 0 spiro atoms. The van der Waals surface area contributed by atoms with Gasteiger partial charge in [-0.2, -0.15) is 18.3 Å². The average molecular weight is 334 g/mol. The molecule has 0 aliphatic carbocycles. The van der Waals surface area contributed by atoms with Gasteiger partial charge in [0, 0.05) is 38.5 Å². The molecular formula is C14H21F3N4O2. The summed E-state index contributed by atoms with van der Waals surface area (Å²) in [7, 11) is 3.14. The zero-order valence-electron chi connectivity index (χ0n) is 13.1. The summed E-state index contributed by atoms with van der Waals surface area (Å²) in [6.45, 7) is -0.368. The number of aryl methyl sites for hydroxylation is 1. The van der Waals surface area contributed by atoms with Gasteiger partial charge in [0.05, 0.1) is 12.7 Å². The number of amides is 1. The van der Waals surface area contributed by atoms with Crippen molar-refractivity contribution in [2.24, 2.45) is 7.05 Å². The molecule has 1 N–H and O–H groups in total. The molecule has 23 heavy (non-hydrogen) atoms. The minimum Gasteiger partial charge on any atom is -0.367 e. The highest BCUT2D eigenvalue weighted by molar-refractivity contribution is 5.82. The second kappa shape index (κ2) is 7.31. The lowest BCUT2D eigenvalue weighted by atomic mass is 10.0. The maximum Gasteiger partial charge on any atom is 0.401 e. The minimum atomic E-state index is -4.23. The summed E-state index contributed by atoms with van der Waals surface area (Å²) >= 11 is 0. The van der Waals surface area contributed by atoms with Crippen LogP contribution in [0.1, 0.15) is 24.5 Å². The van der Waals surface area contributed by atoms with Crippen LogP contribution in [0.15, 0.2) is 12.4 Å². The number of piperidine rings is 1. The highest BCUT2D eigenvalue weighted by Gasteiger charge is 2.34. The van der Waals surface area contributed by atoms with E-state index < -0.39 is 18.8 Å². The van der Waals surface area contributed by atoms with Crippen LogP contribution in [0.5, 0.6) is 0 Å². The number of methoxy groups -OCH3 is 1. The number of ether oxygens (including phenoxy) is 1. The van der Waals surface area contributed by atoms with Crippen LogP contribution >= 0.6 is 0 Å². The number of rotatable bonds is 5. The molecule has 1 aliphatic heterocycles. The summed E-state index contributed by atoms with van der Waals surface area (Å²) in [5.74, 6) is -0.362. The first kappa shape index (κ1) is 17.7. The predicted octanol–water partition coefficient (Wildman–Crippen LogP) is 1.25.